The molecule has 0 N–H and O–H groups in total. The maximum absolute atomic E-state index is 9.44. The van der Waals surface area contributed by atoms with E-state index < -0.39 is 5.09 Å². The zero-order chi connectivity index (χ0) is 6.41. The van der Waals surface area contributed by atoms with Gasteiger partial charge in [-0.25, -0.2) is 0 Å². The molecule has 1 radical (unpaired) electrons. The van der Waals surface area contributed by atoms with Gasteiger partial charge >= 0.3 is 0 Å². The normalized spacial score (nSPS) is 8.62. The SMILES string of the molecule is [CH2]CCCO[N+](=O)[O-]. The van der Waals surface area contributed by atoms with Crippen molar-refractivity contribution in [1.82, 2.24) is 0 Å². The van der Waals surface area contributed by atoms with E-state index in [9.17, 15) is 10.1 Å². The van der Waals surface area contributed by atoms with Crippen molar-refractivity contribution in [2.75, 3.05) is 6.61 Å². The molecule has 4 heteroatoms. The lowest BCUT2D eigenvalue weighted by molar-refractivity contribution is -0.757. The van der Waals surface area contributed by atoms with Gasteiger partial charge in [-0.3, -0.25) is 0 Å². The Balaban J connectivity index is 2.82. The van der Waals surface area contributed by atoms with E-state index in [1.54, 1.807) is 0 Å². The second kappa shape index (κ2) is 4.36. The molecule has 0 fully saturated rings. The van der Waals surface area contributed by atoms with Crippen LogP contribution in [0.15, 0.2) is 0 Å². The van der Waals surface area contributed by atoms with Gasteiger partial charge in [0.15, 0.2) is 0 Å². The van der Waals surface area contributed by atoms with Gasteiger partial charge in [-0.05, 0) is 6.42 Å². The van der Waals surface area contributed by atoms with E-state index >= 15 is 0 Å². The van der Waals surface area contributed by atoms with Crippen LogP contribution in [0, 0.1) is 17.0 Å². The molecular weight excluding hydrogens is 110 g/mol. The summed E-state index contributed by atoms with van der Waals surface area (Å²) >= 11 is 0. The van der Waals surface area contributed by atoms with E-state index in [-0.39, 0.29) is 6.61 Å². The summed E-state index contributed by atoms with van der Waals surface area (Å²) in [7, 11) is 0. The van der Waals surface area contributed by atoms with Crippen LogP contribution < -0.4 is 0 Å². The summed E-state index contributed by atoms with van der Waals surface area (Å²) in [6.07, 6.45) is 1.31. The highest BCUT2D eigenvalue weighted by molar-refractivity contribution is 4.36. The molecule has 0 aromatic carbocycles. The number of nitrogens with zero attached hydrogens (tertiary/aromatic N) is 1. The molecule has 0 amide bonds. The second-order valence-electron chi connectivity index (χ2n) is 1.26. The number of hydrogen-bond donors (Lipinski definition) is 0. The zero-order valence-electron chi connectivity index (χ0n) is 4.50. The van der Waals surface area contributed by atoms with Gasteiger partial charge < -0.3 is 4.84 Å². The molecule has 0 atom stereocenters. The van der Waals surface area contributed by atoms with Gasteiger partial charge in [0, 0.05) is 0 Å². The van der Waals surface area contributed by atoms with Crippen molar-refractivity contribution in [2.45, 2.75) is 12.8 Å². The first-order chi connectivity index (χ1) is 3.77. The first kappa shape index (κ1) is 7.20. The zero-order valence-corrected chi connectivity index (χ0v) is 4.50. The van der Waals surface area contributed by atoms with E-state index in [4.69, 9.17) is 0 Å². The fraction of sp³-hybridized carbons (Fsp3) is 0.750. The number of hydrogen-bond acceptors (Lipinski definition) is 3. The Morgan fingerprint density at radius 3 is 2.75 bits per heavy atom. The summed E-state index contributed by atoms with van der Waals surface area (Å²) in [6.45, 7) is 3.64. The molecule has 0 spiro atoms. The molecule has 0 aromatic rings. The third-order valence-corrected chi connectivity index (χ3v) is 0.591. The van der Waals surface area contributed by atoms with Crippen molar-refractivity contribution in [2.24, 2.45) is 0 Å². The van der Waals surface area contributed by atoms with Crippen LogP contribution in [0.25, 0.3) is 0 Å². The molecule has 0 unspecified atom stereocenters. The molecule has 4 nitrogen and oxygen atoms in total. The molecule has 47 valence electrons. The average molecular weight is 118 g/mol. The Kier molecular flexibility index (Phi) is 3.93. The maximum atomic E-state index is 9.44. The van der Waals surface area contributed by atoms with Gasteiger partial charge in [0.05, 0.1) is 6.61 Å². The molecule has 0 saturated heterocycles. The van der Waals surface area contributed by atoms with Crippen LogP contribution in [0.1, 0.15) is 12.8 Å². The Bertz CT molecular complexity index is 73.7. The highest BCUT2D eigenvalue weighted by Gasteiger charge is 1.90. The third-order valence-electron chi connectivity index (χ3n) is 0.591. The molecular formula is C4H8NO3. The highest BCUT2D eigenvalue weighted by atomic mass is 16.9. The van der Waals surface area contributed by atoms with Crippen molar-refractivity contribution in [3.8, 4) is 0 Å². The predicted molar refractivity (Wildman–Crippen MR) is 27.5 cm³/mol. The van der Waals surface area contributed by atoms with Crippen LogP contribution in [0.2, 0.25) is 0 Å². The second-order valence-corrected chi connectivity index (χ2v) is 1.26. The van der Waals surface area contributed by atoms with Crippen molar-refractivity contribution < 1.29 is 9.92 Å². The van der Waals surface area contributed by atoms with Gasteiger partial charge in [0.2, 0.25) is 0 Å². The minimum absolute atomic E-state index is 0.163. The van der Waals surface area contributed by atoms with Crippen LogP contribution in [0.5, 0.6) is 0 Å². The Labute approximate surface area is 47.6 Å². The van der Waals surface area contributed by atoms with Crippen LogP contribution in [0.4, 0.5) is 0 Å². The summed E-state index contributed by atoms with van der Waals surface area (Å²) in [5, 5.41) is 8.64. The lowest BCUT2D eigenvalue weighted by Crippen LogP contribution is -2.01. The van der Waals surface area contributed by atoms with Crippen LogP contribution in [0.3, 0.4) is 0 Å². The smallest absolute Gasteiger partial charge is 0.294 e. The van der Waals surface area contributed by atoms with Crippen LogP contribution in [-0.4, -0.2) is 11.7 Å². The first-order valence-electron chi connectivity index (χ1n) is 2.34. The first-order valence-corrected chi connectivity index (χ1v) is 2.34. The van der Waals surface area contributed by atoms with E-state index in [0.29, 0.717) is 12.8 Å². The minimum Gasteiger partial charge on any atom is -0.314 e. The predicted octanol–water partition coefficient (Wildman–Crippen LogP) is 0.809. The summed E-state index contributed by atoms with van der Waals surface area (Å²) in [5.74, 6) is 0. The number of rotatable bonds is 4. The van der Waals surface area contributed by atoms with E-state index in [0.717, 1.165) is 0 Å². The summed E-state index contributed by atoms with van der Waals surface area (Å²) in [6, 6.07) is 0. The Morgan fingerprint density at radius 1 is 1.75 bits per heavy atom. The summed E-state index contributed by atoms with van der Waals surface area (Å²) in [4.78, 5) is 13.4. The fourth-order valence-electron chi connectivity index (χ4n) is 0.241. The number of unbranched alkanes of at least 4 members (excludes halogenated alkanes) is 1. The van der Waals surface area contributed by atoms with E-state index in [1.165, 1.54) is 0 Å². The quantitative estimate of drug-likeness (QED) is 0.312. The van der Waals surface area contributed by atoms with Gasteiger partial charge in [-0.1, -0.05) is 13.3 Å². The molecule has 0 aromatic heterocycles. The molecule has 0 aliphatic rings. The molecule has 0 heterocycles. The minimum atomic E-state index is -0.796. The van der Waals surface area contributed by atoms with Gasteiger partial charge in [0.25, 0.3) is 5.09 Å². The fourth-order valence-corrected chi connectivity index (χ4v) is 0.241. The highest BCUT2D eigenvalue weighted by Crippen LogP contribution is 1.85. The maximum Gasteiger partial charge on any atom is 0.294 e. The topological polar surface area (TPSA) is 52.4 Å². The summed E-state index contributed by atoms with van der Waals surface area (Å²) in [5.41, 5.74) is 0. The molecule has 0 rings (SSSR count). The molecule has 8 heavy (non-hydrogen) atoms. The Morgan fingerprint density at radius 2 is 2.38 bits per heavy atom. The van der Waals surface area contributed by atoms with Crippen LogP contribution in [-0.2, 0) is 4.84 Å². The van der Waals surface area contributed by atoms with Crippen LogP contribution >= 0.6 is 0 Å². The molecule has 0 aliphatic heterocycles. The molecule has 0 bridgehead atoms. The lowest BCUT2D eigenvalue weighted by Gasteiger charge is -1.92. The molecule has 0 saturated carbocycles. The monoisotopic (exact) mass is 118 g/mol. The van der Waals surface area contributed by atoms with E-state index in [1.807, 2.05) is 0 Å². The molecule has 0 aliphatic carbocycles. The van der Waals surface area contributed by atoms with Gasteiger partial charge in [0.1, 0.15) is 0 Å². The average Bonchev–Trinajstić information content (AvgIpc) is 1.66. The van der Waals surface area contributed by atoms with Crippen molar-refractivity contribution in [3.05, 3.63) is 17.0 Å². The van der Waals surface area contributed by atoms with Crippen molar-refractivity contribution >= 4 is 0 Å². The van der Waals surface area contributed by atoms with Gasteiger partial charge in [-0.15, -0.1) is 10.1 Å². The van der Waals surface area contributed by atoms with Crippen molar-refractivity contribution in [3.63, 3.8) is 0 Å². The largest absolute Gasteiger partial charge is 0.314 e. The van der Waals surface area contributed by atoms with Gasteiger partial charge in [-0.2, -0.15) is 0 Å². The standard InChI is InChI=1S/C4H8NO3/c1-2-3-4-8-5(6)7/h1-4H2. The third kappa shape index (κ3) is 5.20. The lowest BCUT2D eigenvalue weighted by atomic mass is 10.4. The van der Waals surface area contributed by atoms with E-state index in [2.05, 4.69) is 11.8 Å². The Hall–Kier alpha value is -0.800. The van der Waals surface area contributed by atoms with Crippen molar-refractivity contribution in [1.29, 1.82) is 0 Å². The summed E-state index contributed by atoms with van der Waals surface area (Å²) < 4.78 is 0.